The van der Waals surface area contributed by atoms with E-state index in [-0.39, 0.29) is 11.9 Å². The van der Waals surface area contributed by atoms with Gasteiger partial charge < -0.3 is 9.88 Å². The summed E-state index contributed by atoms with van der Waals surface area (Å²) in [6.07, 6.45) is 9.08. The van der Waals surface area contributed by atoms with E-state index in [1.165, 1.54) is 16.7 Å². The molecule has 1 aliphatic carbocycles. The highest BCUT2D eigenvalue weighted by atomic mass is 79.9. The molecule has 1 amide bonds. The Balaban J connectivity index is 1.41. The number of hydroxylamine groups is 2. The Hall–Kier alpha value is -1.99. The first kappa shape index (κ1) is 27.6. The fraction of sp³-hybridized carbons (Fsp3) is 0.423. The number of hydrogen-bond acceptors (Lipinski definition) is 8. The number of carbonyl (C=O) groups excluding carboxylic acids is 1. The van der Waals surface area contributed by atoms with E-state index in [2.05, 4.69) is 49.3 Å². The van der Waals surface area contributed by atoms with Gasteiger partial charge in [-0.1, -0.05) is 17.7 Å². The molecule has 5 rings (SSSR count). The lowest BCUT2D eigenvalue weighted by Gasteiger charge is -2.42. The van der Waals surface area contributed by atoms with Gasteiger partial charge in [0.25, 0.3) is 0 Å². The van der Waals surface area contributed by atoms with Crippen molar-refractivity contribution in [3.63, 3.8) is 0 Å². The summed E-state index contributed by atoms with van der Waals surface area (Å²) >= 11 is 11.1. The number of aryl methyl sites for hydroxylation is 3. The summed E-state index contributed by atoms with van der Waals surface area (Å²) < 4.78 is 8.08. The number of piperazine rings is 1. The summed E-state index contributed by atoms with van der Waals surface area (Å²) in [5.41, 5.74) is 5.53. The van der Waals surface area contributed by atoms with Crippen LogP contribution >= 0.6 is 39.6 Å². The molecular formula is C26H30BrClN6O3S. The van der Waals surface area contributed by atoms with Crippen molar-refractivity contribution >= 4 is 45.5 Å². The van der Waals surface area contributed by atoms with E-state index in [9.17, 15) is 4.79 Å². The minimum Gasteiger partial charge on any atom is -0.353 e. The molecule has 1 unspecified atom stereocenters. The SMILES string of the molecule is CSOON1CCN(C2c3ccc(Cl)cc3CCc3cc(Br)cnc32)C[C@@H]1C(=O)NCCn1cnc(C)c1. The maximum Gasteiger partial charge on any atom is 0.241 e. The van der Waals surface area contributed by atoms with Crippen LogP contribution in [0.4, 0.5) is 0 Å². The first-order valence-electron chi connectivity index (χ1n) is 12.5. The van der Waals surface area contributed by atoms with Crippen molar-refractivity contribution in [2.45, 2.75) is 38.4 Å². The van der Waals surface area contributed by atoms with Crippen LogP contribution in [0.5, 0.6) is 0 Å². The van der Waals surface area contributed by atoms with Crippen molar-refractivity contribution in [1.82, 2.24) is 29.8 Å². The molecule has 38 heavy (non-hydrogen) atoms. The summed E-state index contributed by atoms with van der Waals surface area (Å²) in [7, 11) is 0. The van der Waals surface area contributed by atoms with E-state index < -0.39 is 6.04 Å². The Morgan fingerprint density at radius 3 is 2.87 bits per heavy atom. The lowest BCUT2D eigenvalue weighted by molar-refractivity contribution is -0.376. The van der Waals surface area contributed by atoms with E-state index in [0.717, 1.165) is 45.8 Å². The molecule has 12 heteroatoms. The predicted molar refractivity (Wildman–Crippen MR) is 150 cm³/mol. The zero-order chi connectivity index (χ0) is 26.6. The van der Waals surface area contributed by atoms with Crippen LogP contribution in [0.25, 0.3) is 0 Å². The second-order valence-electron chi connectivity index (χ2n) is 9.45. The van der Waals surface area contributed by atoms with Crippen LogP contribution in [-0.2, 0) is 33.5 Å². The van der Waals surface area contributed by atoms with Crippen LogP contribution in [0.15, 0.2) is 47.5 Å². The Kier molecular flexibility index (Phi) is 9.04. The smallest absolute Gasteiger partial charge is 0.241 e. The molecule has 3 aromatic rings. The number of hydrogen-bond donors (Lipinski definition) is 1. The summed E-state index contributed by atoms with van der Waals surface area (Å²) in [5, 5.41) is 5.41. The highest BCUT2D eigenvalue weighted by Crippen LogP contribution is 2.38. The first-order chi connectivity index (χ1) is 18.4. The van der Waals surface area contributed by atoms with Crippen LogP contribution in [-0.4, -0.2) is 68.9 Å². The second kappa shape index (κ2) is 12.5. The van der Waals surface area contributed by atoms with Gasteiger partial charge in [-0.25, -0.2) is 4.98 Å². The quantitative estimate of drug-likeness (QED) is 0.228. The highest BCUT2D eigenvalue weighted by molar-refractivity contribution is 9.10. The molecule has 3 heterocycles. The van der Waals surface area contributed by atoms with E-state index in [0.29, 0.717) is 32.7 Å². The van der Waals surface area contributed by atoms with Gasteiger partial charge in [0.2, 0.25) is 5.91 Å². The number of pyridine rings is 1. The van der Waals surface area contributed by atoms with E-state index in [1.807, 2.05) is 30.0 Å². The number of rotatable bonds is 8. The number of amides is 1. The molecule has 1 N–H and O–H groups in total. The fourth-order valence-electron chi connectivity index (χ4n) is 5.20. The van der Waals surface area contributed by atoms with E-state index in [1.54, 1.807) is 17.6 Å². The third-order valence-electron chi connectivity index (χ3n) is 6.95. The number of nitrogens with zero attached hydrogens (tertiary/aromatic N) is 5. The third kappa shape index (κ3) is 6.25. The molecular weight excluding hydrogens is 592 g/mol. The van der Waals surface area contributed by atoms with Gasteiger partial charge in [-0.15, -0.1) is 14.4 Å². The highest BCUT2D eigenvalue weighted by Gasteiger charge is 2.39. The van der Waals surface area contributed by atoms with Crippen molar-refractivity contribution in [3.05, 3.63) is 80.6 Å². The maximum absolute atomic E-state index is 13.5. The topological polar surface area (TPSA) is 84.8 Å². The Labute approximate surface area is 240 Å². The van der Waals surface area contributed by atoms with Gasteiger partial charge in [0, 0.05) is 72.9 Å². The number of halogens is 2. The molecule has 0 bridgehead atoms. The third-order valence-corrected chi connectivity index (χ3v) is 7.81. The molecule has 2 atom stereocenters. The molecule has 1 aromatic carbocycles. The van der Waals surface area contributed by atoms with Crippen LogP contribution in [0.3, 0.4) is 0 Å². The fourth-order valence-corrected chi connectivity index (χ4v) is 5.91. The van der Waals surface area contributed by atoms with Gasteiger partial charge in [0.05, 0.1) is 23.8 Å². The average Bonchev–Trinajstić information content (AvgIpc) is 3.25. The van der Waals surface area contributed by atoms with Gasteiger partial charge >= 0.3 is 0 Å². The molecule has 0 radical (unpaired) electrons. The van der Waals surface area contributed by atoms with Crippen molar-refractivity contribution in [1.29, 1.82) is 0 Å². The molecule has 0 spiro atoms. The summed E-state index contributed by atoms with van der Waals surface area (Å²) in [6, 6.07) is 7.56. The van der Waals surface area contributed by atoms with Crippen LogP contribution in [0.1, 0.15) is 34.1 Å². The Morgan fingerprint density at radius 2 is 2.08 bits per heavy atom. The lowest BCUT2D eigenvalue weighted by Crippen LogP contribution is -2.59. The van der Waals surface area contributed by atoms with Crippen molar-refractivity contribution in [2.75, 3.05) is 32.4 Å². The number of aromatic nitrogens is 3. The van der Waals surface area contributed by atoms with Crippen molar-refractivity contribution in [2.24, 2.45) is 0 Å². The molecule has 1 saturated heterocycles. The monoisotopic (exact) mass is 620 g/mol. The molecule has 0 saturated carbocycles. The van der Waals surface area contributed by atoms with Crippen molar-refractivity contribution < 1.29 is 14.1 Å². The predicted octanol–water partition coefficient (Wildman–Crippen LogP) is 4.13. The Morgan fingerprint density at radius 1 is 1.24 bits per heavy atom. The Bertz CT molecular complexity index is 1240. The minimum atomic E-state index is -0.571. The van der Waals surface area contributed by atoms with Crippen LogP contribution < -0.4 is 5.32 Å². The number of imidazole rings is 1. The van der Waals surface area contributed by atoms with Crippen molar-refractivity contribution in [3.8, 4) is 0 Å². The van der Waals surface area contributed by atoms with Crippen LogP contribution in [0, 0.1) is 6.92 Å². The molecule has 1 aliphatic heterocycles. The molecule has 1 fully saturated rings. The van der Waals surface area contributed by atoms with Gasteiger partial charge in [-0.2, -0.15) is 0 Å². The first-order valence-corrected chi connectivity index (χ1v) is 14.8. The summed E-state index contributed by atoms with van der Waals surface area (Å²) in [5.74, 6) is -0.120. The van der Waals surface area contributed by atoms with Gasteiger partial charge in [-0.3, -0.25) is 14.7 Å². The summed E-state index contributed by atoms with van der Waals surface area (Å²) in [4.78, 5) is 30.4. The standard InChI is InChI=1S/C26H30BrClN6O3S/c1-17-14-32(16-31-17)8-7-29-26(35)23-15-33(9-10-34(23)36-37-38-2)25-22-6-5-21(28)12-18(22)3-4-19-11-20(27)13-30-24(19)25/h5-6,11-14,16,23,25H,3-4,7-10,15H2,1-2H3,(H,29,35)/t23-,25?/m1/s1. The number of nitrogens with one attached hydrogen (secondary N) is 1. The van der Waals surface area contributed by atoms with Gasteiger partial charge in [-0.05, 0) is 70.6 Å². The minimum absolute atomic E-state index is 0.110. The maximum atomic E-state index is 13.5. The molecule has 9 nitrogen and oxygen atoms in total. The van der Waals surface area contributed by atoms with E-state index in [4.69, 9.17) is 25.9 Å². The normalized spacial score (nSPS) is 20.0. The largest absolute Gasteiger partial charge is 0.353 e. The van der Waals surface area contributed by atoms with Gasteiger partial charge in [0.15, 0.2) is 0 Å². The molecule has 2 aliphatic rings. The average molecular weight is 622 g/mol. The zero-order valence-corrected chi connectivity index (χ0v) is 24.4. The zero-order valence-electron chi connectivity index (χ0n) is 21.3. The second-order valence-corrected chi connectivity index (χ2v) is 11.3. The number of carbonyl (C=O) groups is 1. The van der Waals surface area contributed by atoms with Crippen LogP contribution in [0.2, 0.25) is 5.02 Å². The number of fused-ring (bicyclic) bond motifs is 2. The lowest BCUT2D eigenvalue weighted by atomic mass is 9.95. The van der Waals surface area contributed by atoms with E-state index >= 15 is 0 Å². The molecule has 2 aromatic heterocycles. The molecule has 202 valence electrons. The summed E-state index contributed by atoms with van der Waals surface area (Å²) in [6.45, 7) is 4.65. The van der Waals surface area contributed by atoms with Gasteiger partial charge in [0.1, 0.15) is 6.04 Å². The number of benzene rings is 1.